The van der Waals surface area contributed by atoms with Gasteiger partial charge in [-0.25, -0.2) is 4.39 Å². The van der Waals surface area contributed by atoms with E-state index in [0.29, 0.717) is 32.6 Å². The summed E-state index contributed by atoms with van der Waals surface area (Å²) in [6.45, 7) is 6.01. The van der Waals surface area contributed by atoms with Crippen molar-refractivity contribution in [2.75, 3.05) is 32.8 Å². The van der Waals surface area contributed by atoms with E-state index in [2.05, 4.69) is 10.2 Å². The summed E-state index contributed by atoms with van der Waals surface area (Å²) >= 11 is 0. The zero-order valence-corrected chi connectivity index (χ0v) is 15.4. The van der Waals surface area contributed by atoms with E-state index in [1.54, 1.807) is 30.9 Å². The number of carbonyl (C=O) groups is 2. The van der Waals surface area contributed by atoms with Crippen molar-refractivity contribution in [3.8, 4) is 0 Å². The Morgan fingerprint density at radius 3 is 2.58 bits per heavy atom. The lowest BCUT2D eigenvalue weighted by Gasteiger charge is -2.41. The summed E-state index contributed by atoms with van der Waals surface area (Å²) in [7, 11) is 0. The molecule has 1 aromatic carbocycles. The molecule has 0 bridgehead atoms. The summed E-state index contributed by atoms with van der Waals surface area (Å²) in [6, 6.07) is 6.42. The molecule has 0 radical (unpaired) electrons. The lowest BCUT2D eigenvalue weighted by molar-refractivity contribution is -0.136. The van der Waals surface area contributed by atoms with Crippen molar-refractivity contribution < 1.29 is 19.1 Å². The maximum Gasteiger partial charge on any atom is 0.242 e. The van der Waals surface area contributed by atoms with Crippen LogP contribution < -0.4 is 5.32 Å². The molecule has 0 aliphatic carbocycles. The SMILES string of the molecule is CC(C)C(=O)NCC(=O)N1CCN(Cc2ccc(F)cc2)[C@H](CCO)C1. The van der Waals surface area contributed by atoms with Crippen molar-refractivity contribution in [1.29, 1.82) is 0 Å². The van der Waals surface area contributed by atoms with Gasteiger partial charge >= 0.3 is 0 Å². The molecule has 1 aromatic rings. The fraction of sp³-hybridized carbons (Fsp3) is 0.579. The maximum atomic E-state index is 13.1. The van der Waals surface area contributed by atoms with Crippen molar-refractivity contribution in [1.82, 2.24) is 15.1 Å². The zero-order valence-electron chi connectivity index (χ0n) is 15.4. The Morgan fingerprint density at radius 1 is 1.27 bits per heavy atom. The monoisotopic (exact) mass is 365 g/mol. The van der Waals surface area contributed by atoms with Crippen molar-refractivity contribution in [2.24, 2.45) is 5.92 Å². The van der Waals surface area contributed by atoms with Crippen molar-refractivity contribution in [3.63, 3.8) is 0 Å². The van der Waals surface area contributed by atoms with Crippen LogP contribution in [0, 0.1) is 11.7 Å². The van der Waals surface area contributed by atoms with Crippen LogP contribution in [-0.4, -0.2) is 65.5 Å². The number of carbonyl (C=O) groups excluding carboxylic acids is 2. The molecule has 0 aromatic heterocycles. The van der Waals surface area contributed by atoms with Crippen LogP contribution in [0.1, 0.15) is 25.8 Å². The van der Waals surface area contributed by atoms with Gasteiger partial charge in [0.05, 0.1) is 6.54 Å². The second-order valence-electron chi connectivity index (χ2n) is 6.98. The second-order valence-corrected chi connectivity index (χ2v) is 6.98. The van der Waals surface area contributed by atoms with Crippen molar-refractivity contribution in [3.05, 3.63) is 35.6 Å². The van der Waals surface area contributed by atoms with Crippen LogP contribution >= 0.6 is 0 Å². The minimum Gasteiger partial charge on any atom is -0.396 e. The molecule has 1 saturated heterocycles. The van der Waals surface area contributed by atoms with Gasteiger partial charge in [-0.2, -0.15) is 0 Å². The number of amides is 2. The third-order valence-corrected chi connectivity index (χ3v) is 4.66. The third kappa shape index (κ3) is 5.78. The predicted molar refractivity (Wildman–Crippen MR) is 96.7 cm³/mol. The first-order chi connectivity index (χ1) is 12.4. The molecule has 1 aliphatic rings. The molecule has 2 rings (SSSR count). The lowest BCUT2D eigenvalue weighted by atomic mass is 10.1. The van der Waals surface area contributed by atoms with Gasteiger partial charge in [0, 0.05) is 44.7 Å². The average molecular weight is 365 g/mol. The van der Waals surface area contributed by atoms with Gasteiger partial charge in [-0.15, -0.1) is 0 Å². The van der Waals surface area contributed by atoms with Gasteiger partial charge in [0.25, 0.3) is 0 Å². The van der Waals surface area contributed by atoms with Crippen molar-refractivity contribution >= 4 is 11.8 Å². The van der Waals surface area contributed by atoms with Gasteiger partial charge in [-0.1, -0.05) is 26.0 Å². The fourth-order valence-corrected chi connectivity index (χ4v) is 3.05. The van der Waals surface area contributed by atoms with Gasteiger partial charge < -0.3 is 15.3 Å². The minimum absolute atomic E-state index is 0.000814. The Balaban J connectivity index is 1.92. The van der Waals surface area contributed by atoms with E-state index in [1.165, 1.54) is 12.1 Å². The summed E-state index contributed by atoms with van der Waals surface area (Å²) in [6.07, 6.45) is 0.559. The van der Waals surface area contributed by atoms with Gasteiger partial charge in [-0.05, 0) is 24.1 Å². The topological polar surface area (TPSA) is 72.9 Å². The largest absolute Gasteiger partial charge is 0.396 e. The molecular formula is C19H28FN3O3. The van der Waals surface area contributed by atoms with Crippen LogP contribution in [0.15, 0.2) is 24.3 Å². The van der Waals surface area contributed by atoms with E-state index in [0.717, 1.165) is 5.56 Å². The molecule has 2 N–H and O–H groups in total. The number of aliphatic hydroxyl groups excluding tert-OH is 1. The Labute approximate surface area is 154 Å². The molecule has 1 atom stereocenters. The zero-order chi connectivity index (χ0) is 19.1. The van der Waals surface area contributed by atoms with Crippen LogP contribution in [0.2, 0.25) is 0 Å². The van der Waals surface area contributed by atoms with Gasteiger partial charge in [0.2, 0.25) is 11.8 Å². The Morgan fingerprint density at radius 2 is 1.96 bits per heavy atom. The molecule has 7 heteroatoms. The predicted octanol–water partition coefficient (Wildman–Crippen LogP) is 0.993. The first kappa shape index (κ1) is 20.3. The number of piperazine rings is 1. The Kier molecular flexibility index (Phi) is 7.53. The third-order valence-electron chi connectivity index (χ3n) is 4.66. The molecule has 1 heterocycles. The van der Waals surface area contributed by atoms with E-state index in [-0.39, 0.29) is 42.7 Å². The molecule has 26 heavy (non-hydrogen) atoms. The Hall–Kier alpha value is -1.99. The normalized spacial score (nSPS) is 18.2. The van der Waals surface area contributed by atoms with E-state index in [4.69, 9.17) is 0 Å². The van der Waals surface area contributed by atoms with E-state index < -0.39 is 0 Å². The quantitative estimate of drug-likeness (QED) is 0.756. The average Bonchev–Trinajstić information content (AvgIpc) is 2.62. The van der Waals surface area contributed by atoms with Gasteiger partial charge in [0.1, 0.15) is 5.82 Å². The first-order valence-electron chi connectivity index (χ1n) is 9.05. The molecule has 0 spiro atoms. The number of rotatable bonds is 7. The second kappa shape index (κ2) is 9.64. The number of hydrogen-bond donors (Lipinski definition) is 2. The molecule has 6 nitrogen and oxygen atoms in total. The number of nitrogens with zero attached hydrogens (tertiary/aromatic N) is 2. The van der Waals surface area contributed by atoms with Crippen LogP contribution in [-0.2, 0) is 16.1 Å². The molecule has 144 valence electrons. The number of halogens is 1. The summed E-state index contributed by atoms with van der Waals surface area (Å²) in [5.41, 5.74) is 0.998. The van der Waals surface area contributed by atoms with E-state index in [9.17, 15) is 19.1 Å². The molecule has 0 saturated carbocycles. The summed E-state index contributed by atoms with van der Waals surface area (Å²) < 4.78 is 13.1. The van der Waals surface area contributed by atoms with Gasteiger partial charge in [0.15, 0.2) is 0 Å². The summed E-state index contributed by atoms with van der Waals surface area (Å²) in [4.78, 5) is 27.9. The minimum atomic E-state index is -0.264. The number of nitrogens with one attached hydrogen (secondary N) is 1. The highest BCUT2D eigenvalue weighted by Gasteiger charge is 2.29. The molecule has 0 unspecified atom stereocenters. The number of hydrogen-bond acceptors (Lipinski definition) is 4. The number of aliphatic hydroxyl groups is 1. The summed E-state index contributed by atoms with van der Waals surface area (Å²) in [5.74, 6) is -0.666. The highest BCUT2D eigenvalue weighted by atomic mass is 19.1. The highest BCUT2D eigenvalue weighted by Crippen LogP contribution is 2.17. The van der Waals surface area contributed by atoms with E-state index >= 15 is 0 Å². The molecule has 2 amide bonds. The lowest BCUT2D eigenvalue weighted by Crippen LogP contribution is -2.56. The van der Waals surface area contributed by atoms with Crippen LogP contribution in [0.5, 0.6) is 0 Å². The van der Waals surface area contributed by atoms with Crippen LogP contribution in [0.25, 0.3) is 0 Å². The Bertz CT molecular complexity index is 607. The standard InChI is InChI=1S/C19H28FN3O3/c1-14(2)19(26)21-11-18(25)23-9-8-22(17(13-23)7-10-24)12-15-3-5-16(20)6-4-15/h3-6,14,17,24H,7-13H2,1-2H3,(H,21,26)/t17-/m1/s1. The highest BCUT2D eigenvalue weighted by molar-refractivity contribution is 5.85. The van der Waals surface area contributed by atoms with E-state index in [1.807, 2.05) is 0 Å². The van der Waals surface area contributed by atoms with Crippen LogP contribution in [0.3, 0.4) is 0 Å². The molecule has 1 fully saturated rings. The smallest absolute Gasteiger partial charge is 0.242 e. The van der Waals surface area contributed by atoms with Crippen molar-refractivity contribution in [2.45, 2.75) is 32.9 Å². The fourth-order valence-electron chi connectivity index (χ4n) is 3.05. The first-order valence-corrected chi connectivity index (χ1v) is 9.05. The molecule has 1 aliphatic heterocycles. The van der Waals surface area contributed by atoms with Crippen LogP contribution in [0.4, 0.5) is 4.39 Å². The number of benzene rings is 1. The maximum absolute atomic E-state index is 13.1. The van der Waals surface area contributed by atoms with Gasteiger partial charge in [-0.3, -0.25) is 14.5 Å². The molecular weight excluding hydrogens is 337 g/mol. The summed E-state index contributed by atoms with van der Waals surface area (Å²) in [5, 5.41) is 12.0.